The van der Waals surface area contributed by atoms with Gasteiger partial charge in [0, 0.05) is 22.3 Å². The van der Waals surface area contributed by atoms with E-state index in [1.807, 2.05) is 24.3 Å². The molecule has 1 aromatic rings. The van der Waals surface area contributed by atoms with Gasteiger partial charge in [0.2, 0.25) is 5.91 Å². The number of aliphatic carboxylic acids is 1. The number of nitrogens with zero attached hydrogens (tertiary/aromatic N) is 1. The predicted octanol–water partition coefficient (Wildman–Crippen LogP) is 1.59. The van der Waals surface area contributed by atoms with Gasteiger partial charge >= 0.3 is 5.97 Å². The Hall–Kier alpha value is -1.05. The Morgan fingerprint density at radius 1 is 1.35 bits per heavy atom. The fraction of sp³-hybridized carbons (Fsp3) is 0.385. The molecule has 7 heteroatoms. The van der Waals surface area contributed by atoms with Crippen LogP contribution in [0.4, 0.5) is 0 Å². The van der Waals surface area contributed by atoms with E-state index < -0.39 is 18.1 Å². The highest BCUT2D eigenvalue weighted by Gasteiger charge is 2.38. The zero-order valence-electron chi connectivity index (χ0n) is 10.5. The molecule has 1 fully saturated rings. The van der Waals surface area contributed by atoms with Crippen LogP contribution in [0, 0.1) is 0 Å². The molecule has 2 atom stereocenters. The van der Waals surface area contributed by atoms with Crippen molar-refractivity contribution in [3.05, 3.63) is 28.7 Å². The highest BCUT2D eigenvalue weighted by atomic mass is 79.9. The average molecular weight is 360 g/mol. The number of carboxylic acid groups (broad SMARTS) is 1. The number of carbonyl (C=O) groups is 2. The number of thioether (sulfide) groups is 1. The minimum atomic E-state index is -1.07. The minimum absolute atomic E-state index is 0.0939. The third kappa shape index (κ3) is 3.74. The van der Waals surface area contributed by atoms with Crippen molar-refractivity contribution < 1.29 is 19.8 Å². The van der Waals surface area contributed by atoms with Crippen LogP contribution in [0.2, 0.25) is 0 Å². The third-order valence-corrected chi connectivity index (χ3v) is 4.59. The standard InChI is InChI=1S/C13H14BrNO4S/c14-8-1-3-10(4-2-8)20-7-12(17)15-6-9(16)5-11(15)13(18)19/h1-4,9,11,16H,5-7H2,(H,18,19). The topological polar surface area (TPSA) is 77.8 Å². The molecule has 0 aromatic heterocycles. The van der Waals surface area contributed by atoms with Crippen molar-refractivity contribution in [2.75, 3.05) is 12.3 Å². The highest BCUT2D eigenvalue weighted by Crippen LogP contribution is 2.24. The van der Waals surface area contributed by atoms with E-state index in [4.69, 9.17) is 5.11 Å². The summed E-state index contributed by atoms with van der Waals surface area (Å²) in [6.45, 7) is 0.0939. The van der Waals surface area contributed by atoms with E-state index in [9.17, 15) is 14.7 Å². The van der Waals surface area contributed by atoms with Gasteiger partial charge in [0.1, 0.15) is 6.04 Å². The van der Waals surface area contributed by atoms with Gasteiger partial charge in [-0.25, -0.2) is 4.79 Å². The van der Waals surface area contributed by atoms with Crippen molar-refractivity contribution in [1.82, 2.24) is 4.90 Å². The fourth-order valence-corrected chi connectivity index (χ4v) is 3.13. The maximum Gasteiger partial charge on any atom is 0.326 e. The molecule has 108 valence electrons. The number of carbonyl (C=O) groups excluding carboxylic acids is 1. The van der Waals surface area contributed by atoms with Crippen LogP contribution in [0.5, 0.6) is 0 Å². The molecule has 5 nitrogen and oxygen atoms in total. The van der Waals surface area contributed by atoms with Crippen LogP contribution in [0.15, 0.2) is 33.6 Å². The number of hydrogen-bond donors (Lipinski definition) is 2. The van der Waals surface area contributed by atoms with Crippen LogP contribution in [0.3, 0.4) is 0 Å². The summed E-state index contributed by atoms with van der Waals surface area (Å²) >= 11 is 4.68. The third-order valence-electron chi connectivity index (χ3n) is 3.06. The lowest BCUT2D eigenvalue weighted by Gasteiger charge is -2.20. The molecule has 1 heterocycles. The summed E-state index contributed by atoms with van der Waals surface area (Å²) in [4.78, 5) is 25.3. The van der Waals surface area contributed by atoms with Crippen molar-refractivity contribution in [2.45, 2.75) is 23.5 Å². The molecule has 2 N–H and O–H groups in total. The van der Waals surface area contributed by atoms with Crippen LogP contribution in [-0.2, 0) is 9.59 Å². The van der Waals surface area contributed by atoms with E-state index >= 15 is 0 Å². The van der Waals surface area contributed by atoms with Crippen LogP contribution in [0.25, 0.3) is 0 Å². The maximum absolute atomic E-state index is 12.1. The minimum Gasteiger partial charge on any atom is -0.480 e. The number of β-amino-alcohol motifs (C(OH)–C–C–N with tert-alkyl or cyclic N) is 1. The Kier molecular flexibility index (Phi) is 5.06. The van der Waals surface area contributed by atoms with Gasteiger partial charge in [-0.1, -0.05) is 15.9 Å². The molecule has 0 saturated carbocycles. The number of likely N-dealkylation sites (tertiary alicyclic amines) is 1. The SMILES string of the molecule is O=C(O)C1CC(O)CN1C(=O)CSc1ccc(Br)cc1. The molecular weight excluding hydrogens is 346 g/mol. The molecule has 1 amide bonds. The molecule has 1 aliphatic heterocycles. The Bertz CT molecular complexity index is 508. The highest BCUT2D eigenvalue weighted by molar-refractivity contribution is 9.10. The largest absolute Gasteiger partial charge is 0.480 e. The number of hydrogen-bond acceptors (Lipinski definition) is 4. The van der Waals surface area contributed by atoms with Gasteiger partial charge in [0.25, 0.3) is 0 Å². The lowest BCUT2D eigenvalue weighted by atomic mass is 10.2. The van der Waals surface area contributed by atoms with E-state index in [2.05, 4.69) is 15.9 Å². The van der Waals surface area contributed by atoms with E-state index in [-0.39, 0.29) is 24.6 Å². The van der Waals surface area contributed by atoms with Crippen molar-refractivity contribution in [3.63, 3.8) is 0 Å². The number of halogens is 1. The van der Waals surface area contributed by atoms with Gasteiger partial charge in [0.15, 0.2) is 0 Å². The maximum atomic E-state index is 12.1. The van der Waals surface area contributed by atoms with E-state index in [1.165, 1.54) is 16.7 Å². The Morgan fingerprint density at radius 2 is 2.00 bits per heavy atom. The van der Waals surface area contributed by atoms with Crippen molar-refractivity contribution >= 4 is 39.6 Å². The summed E-state index contributed by atoms with van der Waals surface area (Å²) in [5, 5.41) is 18.6. The monoisotopic (exact) mass is 359 g/mol. The van der Waals surface area contributed by atoms with E-state index in [0.717, 1.165) is 9.37 Å². The van der Waals surface area contributed by atoms with Gasteiger partial charge in [-0.2, -0.15) is 0 Å². The van der Waals surface area contributed by atoms with Crippen molar-refractivity contribution in [2.24, 2.45) is 0 Å². The molecule has 2 unspecified atom stereocenters. The number of aliphatic hydroxyl groups is 1. The fourth-order valence-electron chi connectivity index (χ4n) is 2.08. The molecule has 0 spiro atoms. The summed E-state index contributed by atoms with van der Waals surface area (Å²) in [5.41, 5.74) is 0. The van der Waals surface area contributed by atoms with Gasteiger partial charge in [-0.15, -0.1) is 11.8 Å². The molecule has 1 saturated heterocycles. The average Bonchev–Trinajstić information content (AvgIpc) is 2.80. The van der Waals surface area contributed by atoms with Crippen LogP contribution >= 0.6 is 27.7 Å². The summed E-state index contributed by atoms with van der Waals surface area (Å²) < 4.78 is 0.960. The number of amides is 1. The first-order valence-electron chi connectivity index (χ1n) is 6.06. The van der Waals surface area contributed by atoms with E-state index in [1.54, 1.807) is 0 Å². The summed E-state index contributed by atoms with van der Waals surface area (Å²) in [7, 11) is 0. The zero-order valence-corrected chi connectivity index (χ0v) is 12.9. The first kappa shape index (κ1) is 15.3. The van der Waals surface area contributed by atoms with Gasteiger partial charge < -0.3 is 15.1 Å². The predicted molar refractivity (Wildman–Crippen MR) is 78.6 cm³/mol. The molecule has 0 aliphatic carbocycles. The van der Waals surface area contributed by atoms with Gasteiger partial charge in [0.05, 0.1) is 11.9 Å². The Morgan fingerprint density at radius 3 is 2.60 bits per heavy atom. The van der Waals surface area contributed by atoms with E-state index in [0.29, 0.717) is 0 Å². The van der Waals surface area contributed by atoms with Crippen molar-refractivity contribution in [1.29, 1.82) is 0 Å². The molecular formula is C13H14BrNO4S. The second kappa shape index (κ2) is 6.60. The molecule has 0 radical (unpaired) electrons. The number of rotatable bonds is 4. The van der Waals surface area contributed by atoms with Gasteiger partial charge in [-0.05, 0) is 24.3 Å². The van der Waals surface area contributed by atoms with Gasteiger partial charge in [-0.3, -0.25) is 4.79 Å². The van der Waals surface area contributed by atoms with Crippen molar-refractivity contribution in [3.8, 4) is 0 Å². The second-order valence-electron chi connectivity index (χ2n) is 4.53. The number of carboxylic acids is 1. The summed E-state index contributed by atoms with van der Waals surface area (Å²) in [6, 6.07) is 6.62. The number of aliphatic hydroxyl groups excluding tert-OH is 1. The van der Waals surface area contributed by atoms with Crippen LogP contribution < -0.4 is 0 Å². The lowest BCUT2D eigenvalue weighted by molar-refractivity contribution is -0.147. The molecule has 20 heavy (non-hydrogen) atoms. The first-order chi connectivity index (χ1) is 9.47. The molecule has 2 rings (SSSR count). The first-order valence-corrected chi connectivity index (χ1v) is 7.84. The van der Waals surface area contributed by atoms with Crippen LogP contribution in [0.1, 0.15) is 6.42 Å². The molecule has 0 bridgehead atoms. The zero-order chi connectivity index (χ0) is 14.7. The Balaban J connectivity index is 1.94. The van der Waals surface area contributed by atoms with Crippen LogP contribution in [-0.4, -0.2) is 51.4 Å². The normalized spacial score (nSPS) is 22.0. The smallest absolute Gasteiger partial charge is 0.326 e. The molecule has 1 aromatic carbocycles. The number of benzene rings is 1. The quantitative estimate of drug-likeness (QED) is 0.798. The second-order valence-corrected chi connectivity index (χ2v) is 6.50. The Labute approximate surface area is 129 Å². The lowest BCUT2D eigenvalue weighted by Crippen LogP contribution is -2.41. The summed E-state index contributed by atoms with van der Waals surface area (Å²) in [5.74, 6) is -1.16. The summed E-state index contributed by atoms with van der Waals surface area (Å²) in [6.07, 6.45) is -0.651. The molecule has 1 aliphatic rings.